The third-order valence-corrected chi connectivity index (χ3v) is 15.2. The summed E-state index contributed by atoms with van der Waals surface area (Å²) in [6.07, 6.45) is 5.74. The number of benzene rings is 4. The minimum Gasteiger partial charge on any atom is -0.0622 e. The van der Waals surface area contributed by atoms with Crippen LogP contribution in [0.5, 0.6) is 0 Å². The van der Waals surface area contributed by atoms with E-state index in [0.29, 0.717) is 11.3 Å². The average molecular weight is 535 g/mol. The van der Waals surface area contributed by atoms with Crippen LogP contribution in [-0.4, -0.2) is 11.3 Å². The first-order chi connectivity index (χ1) is 18.7. The first-order valence-corrected chi connectivity index (χ1v) is 17.3. The molecule has 0 amide bonds. The van der Waals surface area contributed by atoms with Gasteiger partial charge in [0.05, 0.1) is 0 Å². The molecule has 2 bridgehead atoms. The Morgan fingerprint density at radius 3 is 0.895 bits per heavy atom. The summed E-state index contributed by atoms with van der Waals surface area (Å²) >= 11 is 0. The molecule has 0 heterocycles. The highest BCUT2D eigenvalue weighted by Crippen LogP contribution is 2.61. The lowest BCUT2D eigenvalue weighted by atomic mass is 9.57. The van der Waals surface area contributed by atoms with Crippen LogP contribution in [0.15, 0.2) is 121 Å². The highest BCUT2D eigenvalue weighted by Gasteiger charge is 2.50. The van der Waals surface area contributed by atoms with Crippen molar-refractivity contribution in [3.8, 4) is 0 Å². The second-order valence-corrected chi connectivity index (χ2v) is 16.6. The molecule has 4 unspecified atom stereocenters. The van der Waals surface area contributed by atoms with Crippen molar-refractivity contribution in [1.29, 1.82) is 0 Å². The fourth-order valence-corrected chi connectivity index (χ4v) is 13.9. The Hall–Kier alpha value is -2.26. The van der Waals surface area contributed by atoms with Crippen LogP contribution < -0.4 is 21.2 Å². The van der Waals surface area contributed by atoms with E-state index < -0.39 is 15.8 Å². The van der Waals surface area contributed by atoms with Gasteiger partial charge in [-0.3, -0.25) is 0 Å². The van der Waals surface area contributed by atoms with Crippen molar-refractivity contribution in [3.63, 3.8) is 0 Å². The van der Waals surface area contributed by atoms with Crippen LogP contribution in [0.1, 0.15) is 39.5 Å². The molecule has 3 aliphatic rings. The molecule has 194 valence electrons. The largest absolute Gasteiger partial charge is 0.0622 e. The number of hydrogen-bond donors (Lipinski definition) is 0. The van der Waals surface area contributed by atoms with Crippen LogP contribution in [0.3, 0.4) is 0 Å². The van der Waals surface area contributed by atoms with Crippen LogP contribution >= 0.6 is 15.8 Å². The predicted molar refractivity (Wildman–Crippen MR) is 169 cm³/mol. The van der Waals surface area contributed by atoms with Gasteiger partial charge in [-0.15, -0.1) is 0 Å². The lowest BCUT2D eigenvalue weighted by Crippen LogP contribution is -2.50. The second kappa shape index (κ2) is 11.9. The summed E-state index contributed by atoms with van der Waals surface area (Å²) in [6.45, 7) is 5.26. The molecule has 0 radical (unpaired) electrons. The molecule has 0 aliphatic heterocycles. The fraction of sp³-hybridized carbons (Fsp3) is 0.333. The average Bonchev–Trinajstić information content (AvgIpc) is 2.99. The van der Waals surface area contributed by atoms with Crippen molar-refractivity contribution in [3.05, 3.63) is 121 Å². The minimum atomic E-state index is -0.419. The van der Waals surface area contributed by atoms with E-state index in [0.717, 1.165) is 23.7 Å². The van der Waals surface area contributed by atoms with Crippen molar-refractivity contribution in [2.75, 3.05) is 0 Å². The van der Waals surface area contributed by atoms with Gasteiger partial charge in [-0.1, -0.05) is 135 Å². The Balaban J connectivity index is 1.42. The van der Waals surface area contributed by atoms with Gasteiger partial charge in [-0.2, -0.15) is 0 Å². The van der Waals surface area contributed by atoms with Gasteiger partial charge in [-0.05, 0) is 97.7 Å². The molecule has 4 aromatic carbocycles. The normalized spacial score (nSPS) is 24.4. The molecule has 38 heavy (non-hydrogen) atoms. The molecule has 0 nitrogen and oxygen atoms in total. The van der Waals surface area contributed by atoms with Crippen molar-refractivity contribution < 1.29 is 0 Å². The van der Waals surface area contributed by atoms with Crippen molar-refractivity contribution >= 4 is 37.1 Å². The molecular formula is C36H40P2. The second-order valence-electron chi connectivity index (χ2n) is 11.4. The number of fused-ring (bicyclic) bond motifs is 3. The first-order valence-electron chi connectivity index (χ1n) is 14.5. The lowest BCUT2D eigenvalue weighted by Gasteiger charge is -2.55. The van der Waals surface area contributed by atoms with E-state index in [4.69, 9.17) is 0 Å². The molecular weight excluding hydrogens is 494 g/mol. The molecule has 0 N–H and O–H groups in total. The minimum absolute atomic E-state index is 0.419. The van der Waals surface area contributed by atoms with E-state index in [-0.39, 0.29) is 0 Å². The summed E-state index contributed by atoms with van der Waals surface area (Å²) in [7, 11) is -0.837. The van der Waals surface area contributed by atoms with E-state index in [1.807, 2.05) is 0 Å². The number of rotatable bonds is 8. The van der Waals surface area contributed by atoms with Crippen LogP contribution in [-0.2, 0) is 0 Å². The van der Waals surface area contributed by atoms with Gasteiger partial charge in [-0.25, -0.2) is 0 Å². The summed E-state index contributed by atoms with van der Waals surface area (Å²) in [5, 5.41) is 6.18. The van der Waals surface area contributed by atoms with Gasteiger partial charge in [0.2, 0.25) is 0 Å². The van der Waals surface area contributed by atoms with E-state index in [1.54, 1.807) is 21.2 Å². The predicted octanol–water partition coefficient (Wildman–Crippen LogP) is 8.08. The summed E-state index contributed by atoms with van der Waals surface area (Å²) < 4.78 is 0. The zero-order valence-electron chi connectivity index (χ0n) is 22.7. The summed E-state index contributed by atoms with van der Waals surface area (Å²) in [5.74, 6) is 3.29. The molecule has 0 aromatic heterocycles. The quantitative estimate of drug-likeness (QED) is 0.201. The molecule has 2 heteroatoms. The van der Waals surface area contributed by atoms with Crippen molar-refractivity contribution in [2.45, 2.75) is 50.8 Å². The Morgan fingerprint density at radius 1 is 0.421 bits per heavy atom. The van der Waals surface area contributed by atoms with Gasteiger partial charge >= 0.3 is 0 Å². The van der Waals surface area contributed by atoms with E-state index in [2.05, 4.69) is 135 Å². The smallest absolute Gasteiger partial charge is 0.0123 e. The van der Waals surface area contributed by atoms with Gasteiger partial charge in [0, 0.05) is 0 Å². The maximum absolute atomic E-state index is 2.63. The molecule has 3 saturated carbocycles. The summed E-state index contributed by atoms with van der Waals surface area (Å²) in [6, 6.07) is 45.9. The van der Waals surface area contributed by atoms with Gasteiger partial charge in [0.1, 0.15) is 0 Å². The molecule has 3 fully saturated rings. The number of hydrogen-bond acceptors (Lipinski definition) is 0. The Kier molecular flexibility index (Phi) is 8.11. The molecule has 3 aliphatic carbocycles. The molecule has 4 aromatic rings. The SMILES string of the molecule is CC(C1C2CCC(CC2)C1C(C)P(c1ccccc1)c1ccccc1)P(c1ccccc1)c1ccccc1. The Bertz CT molecular complexity index is 1080. The molecule has 0 spiro atoms. The third kappa shape index (κ3) is 5.16. The van der Waals surface area contributed by atoms with Crippen LogP contribution in [0.25, 0.3) is 0 Å². The maximum Gasteiger partial charge on any atom is -0.0123 e. The van der Waals surface area contributed by atoms with E-state index >= 15 is 0 Å². The van der Waals surface area contributed by atoms with Crippen LogP contribution in [0, 0.1) is 23.7 Å². The maximum atomic E-state index is 2.63. The van der Waals surface area contributed by atoms with Crippen molar-refractivity contribution in [1.82, 2.24) is 0 Å². The topological polar surface area (TPSA) is 0 Å². The van der Waals surface area contributed by atoms with Gasteiger partial charge in [0.25, 0.3) is 0 Å². The first kappa shape index (κ1) is 26.0. The summed E-state index contributed by atoms with van der Waals surface area (Å²) in [5.41, 5.74) is 1.33. The Labute approximate surface area is 232 Å². The van der Waals surface area contributed by atoms with E-state index in [9.17, 15) is 0 Å². The fourth-order valence-electron chi connectivity index (χ4n) is 7.91. The zero-order valence-corrected chi connectivity index (χ0v) is 24.5. The molecule has 0 saturated heterocycles. The van der Waals surface area contributed by atoms with Gasteiger partial charge < -0.3 is 0 Å². The van der Waals surface area contributed by atoms with Crippen molar-refractivity contribution in [2.24, 2.45) is 23.7 Å². The zero-order chi connectivity index (χ0) is 25.9. The standard InChI is InChI=1S/C36H40P2/c1-27(37(31-15-7-3-8-16-31)32-17-9-4-10-18-32)35-29-23-25-30(26-24-29)36(35)28(2)38(33-19-11-5-12-20-33)34-21-13-6-14-22-34/h3-22,27-30,35-36H,23-26H2,1-2H3. The lowest BCUT2D eigenvalue weighted by molar-refractivity contribution is 0.0243. The third-order valence-electron chi connectivity index (χ3n) is 9.42. The monoisotopic (exact) mass is 534 g/mol. The molecule has 7 rings (SSSR count). The van der Waals surface area contributed by atoms with E-state index in [1.165, 1.54) is 25.7 Å². The molecule has 4 atom stereocenters. The highest BCUT2D eigenvalue weighted by atomic mass is 31.1. The highest BCUT2D eigenvalue weighted by molar-refractivity contribution is 7.74. The van der Waals surface area contributed by atoms with Crippen LogP contribution in [0.4, 0.5) is 0 Å². The van der Waals surface area contributed by atoms with Crippen LogP contribution in [0.2, 0.25) is 0 Å². The Morgan fingerprint density at radius 2 is 0.658 bits per heavy atom. The summed E-state index contributed by atoms with van der Waals surface area (Å²) in [4.78, 5) is 0. The van der Waals surface area contributed by atoms with Gasteiger partial charge in [0.15, 0.2) is 0 Å².